The lowest BCUT2D eigenvalue weighted by molar-refractivity contribution is 0.0695. The summed E-state index contributed by atoms with van der Waals surface area (Å²) in [5.74, 6) is -2.19. The van der Waals surface area contributed by atoms with Gasteiger partial charge in [0.1, 0.15) is 11.4 Å². The zero-order valence-corrected chi connectivity index (χ0v) is 18.3. The average Bonchev–Trinajstić information content (AvgIpc) is 2.83. The largest absolute Gasteiger partial charge is 0.477 e. The van der Waals surface area contributed by atoms with Crippen molar-refractivity contribution in [2.24, 2.45) is 0 Å². The van der Waals surface area contributed by atoms with E-state index < -0.39 is 23.1 Å². The van der Waals surface area contributed by atoms with Crippen LogP contribution in [0.15, 0.2) is 77.7 Å². The molecule has 1 atom stereocenters. The molecule has 8 heteroatoms. The first-order chi connectivity index (χ1) is 16.3. The van der Waals surface area contributed by atoms with Gasteiger partial charge in [-0.05, 0) is 42.8 Å². The Hall–Kier alpha value is -4.46. The van der Waals surface area contributed by atoms with E-state index >= 15 is 0 Å². The molecule has 0 aliphatic rings. The molecule has 4 N–H and O–H groups in total. The van der Waals surface area contributed by atoms with E-state index in [9.17, 15) is 18.8 Å². The summed E-state index contributed by atoms with van der Waals surface area (Å²) in [6, 6.07) is 18.1. The van der Waals surface area contributed by atoms with E-state index in [-0.39, 0.29) is 22.6 Å². The number of halogens is 1. The fraction of sp³-hybridized carbons (Fsp3) is 0.115. The Labute approximate surface area is 194 Å². The number of hydrogen-bond acceptors (Lipinski definition) is 4. The quantitative estimate of drug-likeness (QED) is 0.330. The zero-order valence-electron chi connectivity index (χ0n) is 18.3. The molecule has 0 aliphatic heterocycles. The van der Waals surface area contributed by atoms with Crippen molar-refractivity contribution in [3.63, 3.8) is 0 Å². The number of fused-ring (bicyclic) bond motifs is 1. The van der Waals surface area contributed by atoms with Crippen LogP contribution in [0.4, 0.5) is 10.1 Å². The van der Waals surface area contributed by atoms with Crippen molar-refractivity contribution in [3.8, 4) is 11.1 Å². The van der Waals surface area contributed by atoms with Crippen molar-refractivity contribution in [1.82, 2.24) is 10.3 Å². The number of pyridine rings is 1. The maximum Gasteiger partial charge on any atom is 0.341 e. The van der Waals surface area contributed by atoms with Crippen molar-refractivity contribution in [1.29, 1.82) is 0 Å². The minimum atomic E-state index is -1.30. The Kier molecular flexibility index (Phi) is 6.40. The van der Waals surface area contributed by atoms with Gasteiger partial charge in [-0.2, -0.15) is 0 Å². The highest BCUT2D eigenvalue weighted by Gasteiger charge is 2.14. The van der Waals surface area contributed by atoms with E-state index in [0.29, 0.717) is 23.3 Å². The number of rotatable bonds is 7. The Morgan fingerprint density at radius 1 is 1.06 bits per heavy atom. The van der Waals surface area contributed by atoms with Gasteiger partial charge in [-0.3, -0.25) is 9.59 Å². The summed E-state index contributed by atoms with van der Waals surface area (Å²) in [6.45, 7) is 2.12. The predicted molar refractivity (Wildman–Crippen MR) is 129 cm³/mol. The van der Waals surface area contributed by atoms with Crippen molar-refractivity contribution in [3.05, 3.63) is 100 Å². The van der Waals surface area contributed by atoms with E-state index in [2.05, 4.69) is 15.6 Å². The Morgan fingerprint density at radius 2 is 1.82 bits per heavy atom. The molecule has 0 fully saturated rings. The second-order valence-corrected chi connectivity index (χ2v) is 7.91. The smallest absolute Gasteiger partial charge is 0.341 e. The molecule has 34 heavy (non-hydrogen) atoms. The van der Waals surface area contributed by atoms with Crippen molar-refractivity contribution >= 4 is 28.5 Å². The number of amides is 1. The van der Waals surface area contributed by atoms with Crippen molar-refractivity contribution in [2.45, 2.75) is 13.0 Å². The lowest BCUT2D eigenvalue weighted by Gasteiger charge is -2.16. The summed E-state index contributed by atoms with van der Waals surface area (Å²) in [6.07, 6.45) is 1.17. The standard InChI is InChI=1S/C26H22FN3O4/c1-15(13-28-18-8-10-23-20(12-18)24(31)21(14-29-23)26(33)34)30-25(32)17-7-9-19(22(27)11-17)16-5-3-2-4-6-16/h2-12,14-15,28H,13H2,1H3,(H,29,31)(H,30,32)(H,33,34)/t15-/m0/s1. The highest BCUT2D eigenvalue weighted by molar-refractivity contribution is 5.95. The summed E-state index contributed by atoms with van der Waals surface area (Å²) in [7, 11) is 0. The molecule has 1 heterocycles. The first-order valence-corrected chi connectivity index (χ1v) is 10.6. The number of carboxylic acids is 1. The van der Waals surface area contributed by atoms with Gasteiger partial charge in [0.2, 0.25) is 5.43 Å². The third kappa shape index (κ3) is 4.80. The summed E-state index contributed by atoms with van der Waals surface area (Å²) in [5, 5.41) is 15.3. The van der Waals surface area contributed by atoms with Crippen LogP contribution in [0.5, 0.6) is 0 Å². The van der Waals surface area contributed by atoms with Crippen molar-refractivity contribution in [2.75, 3.05) is 11.9 Å². The highest BCUT2D eigenvalue weighted by atomic mass is 19.1. The minimum Gasteiger partial charge on any atom is -0.477 e. The Morgan fingerprint density at radius 3 is 2.53 bits per heavy atom. The average molecular weight is 459 g/mol. The molecule has 0 saturated carbocycles. The molecule has 0 spiro atoms. The van der Waals surface area contributed by atoms with Gasteiger partial charge in [0.05, 0.1) is 0 Å². The molecule has 0 radical (unpaired) electrons. The number of carbonyl (C=O) groups is 2. The van der Waals surface area contributed by atoms with Gasteiger partial charge in [-0.25, -0.2) is 9.18 Å². The number of aromatic nitrogens is 1. The number of carbonyl (C=O) groups excluding carboxylic acids is 1. The molecule has 0 aliphatic carbocycles. The van der Waals surface area contributed by atoms with Gasteiger partial charge >= 0.3 is 5.97 Å². The molecule has 4 aromatic rings. The van der Waals surface area contributed by atoms with E-state index in [0.717, 1.165) is 5.56 Å². The van der Waals surface area contributed by atoms with Crippen molar-refractivity contribution < 1.29 is 19.1 Å². The van der Waals surface area contributed by atoms with Gasteiger partial charge in [-0.15, -0.1) is 0 Å². The third-order valence-corrected chi connectivity index (χ3v) is 5.42. The minimum absolute atomic E-state index is 0.211. The van der Waals surface area contributed by atoms with Crippen LogP contribution >= 0.6 is 0 Å². The number of nitrogens with one attached hydrogen (secondary N) is 3. The molecular formula is C26H22FN3O4. The lowest BCUT2D eigenvalue weighted by Crippen LogP contribution is -2.37. The van der Waals surface area contributed by atoms with Gasteiger partial charge in [0, 0.05) is 46.5 Å². The summed E-state index contributed by atoms with van der Waals surface area (Å²) >= 11 is 0. The second-order valence-electron chi connectivity index (χ2n) is 7.91. The molecular weight excluding hydrogens is 437 g/mol. The highest BCUT2D eigenvalue weighted by Crippen LogP contribution is 2.23. The monoisotopic (exact) mass is 459 g/mol. The first kappa shape index (κ1) is 22.7. The van der Waals surface area contributed by atoms with Crippen LogP contribution in [0.3, 0.4) is 0 Å². The zero-order chi connectivity index (χ0) is 24.2. The second kappa shape index (κ2) is 9.58. The predicted octanol–water partition coefficient (Wildman–Crippen LogP) is 4.26. The van der Waals surface area contributed by atoms with Crippen LogP contribution in [0, 0.1) is 5.82 Å². The number of carboxylic acid groups (broad SMARTS) is 1. The number of anilines is 1. The van der Waals surface area contributed by atoms with E-state index in [4.69, 9.17) is 5.11 Å². The van der Waals surface area contributed by atoms with Gasteiger partial charge in [0.25, 0.3) is 5.91 Å². The van der Waals surface area contributed by atoms with Crippen LogP contribution < -0.4 is 16.1 Å². The van der Waals surface area contributed by atoms with Gasteiger partial charge < -0.3 is 20.7 Å². The SMILES string of the molecule is C[C@@H](CNc1ccc2[nH]cc(C(=O)O)c(=O)c2c1)NC(=O)c1ccc(-c2ccccc2)c(F)c1. The maximum atomic E-state index is 14.6. The summed E-state index contributed by atoms with van der Waals surface area (Å²) in [5.41, 5.74) is 1.56. The molecule has 1 aromatic heterocycles. The lowest BCUT2D eigenvalue weighted by atomic mass is 10.0. The molecule has 7 nitrogen and oxygen atoms in total. The maximum absolute atomic E-state index is 14.6. The number of hydrogen-bond donors (Lipinski definition) is 4. The normalized spacial score (nSPS) is 11.7. The van der Waals surface area contributed by atoms with Gasteiger partial charge in [0.15, 0.2) is 0 Å². The number of aromatic carboxylic acids is 1. The Bertz CT molecular complexity index is 1430. The molecule has 3 aromatic carbocycles. The third-order valence-electron chi connectivity index (χ3n) is 5.42. The molecule has 1 amide bonds. The van der Waals surface area contributed by atoms with Crippen LogP contribution in [0.25, 0.3) is 22.0 Å². The van der Waals surface area contributed by atoms with Crippen LogP contribution in [-0.2, 0) is 0 Å². The number of aromatic amines is 1. The number of benzene rings is 3. The summed E-state index contributed by atoms with van der Waals surface area (Å²) < 4.78 is 14.6. The molecule has 0 unspecified atom stereocenters. The van der Waals surface area contributed by atoms with E-state index in [1.165, 1.54) is 12.3 Å². The molecule has 172 valence electrons. The fourth-order valence-electron chi connectivity index (χ4n) is 3.62. The number of H-pyrrole nitrogens is 1. The van der Waals surface area contributed by atoms with E-state index in [1.54, 1.807) is 49.4 Å². The molecule has 0 saturated heterocycles. The van der Waals surface area contributed by atoms with E-state index in [1.807, 2.05) is 18.2 Å². The summed E-state index contributed by atoms with van der Waals surface area (Å²) in [4.78, 5) is 39.0. The van der Waals surface area contributed by atoms with Gasteiger partial charge in [-0.1, -0.05) is 36.4 Å². The topological polar surface area (TPSA) is 111 Å². The van der Waals surface area contributed by atoms with Crippen LogP contribution in [0.1, 0.15) is 27.6 Å². The molecule has 0 bridgehead atoms. The first-order valence-electron chi connectivity index (χ1n) is 10.6. The Balaban J connectivity index is 1.41. The van der Waals surface area contributed by atoms with Crippen LogP contribution in [0.2, 0.25) is 0 Å². The van der Waals surface area contributed by atoms with Crippen LogP contribution in [-0.4, -0.2) is 34.6 Å². The molecule has 4 rings (SSSR count). The fourth-order valence-corrected chi connectivity index (χ4v) is 3.62.